The van der Waals surface area contributed by atoms with Gasteiger partial charge in [0.15, 0.2) is 11.3 Å². The first-order valence-corrected chi connectivity index (χ1v) is 10.6. The zero-order valence-electron chi connectivity index (χ0n) is 17.6. The summed E-state index contributed by atoms with van der Waals surface area (Å²) in [6.07, 6.45) is -10.1. The molecule has 1 N–H and O–H groups in total. The molecule has 2 aromatic rings. The minimum Gasteiger partial charge on any atom is -0.488 e. The van der Waals surface area contributed by atoms with E-state index < -0.39 is 68.6 Å². The van der Waals surface area contributed by atoms with Gasteiger partial charge >= 0.3 is 12.4 Å². The number of benzene rings is 1. The maximum absolute atomic E-state index is 14.4. The number of halogens is 7. The lowest BCUT2D eigenvalue weighted by molar-refractivity contribution is -0.196. The van der Waals surface area contributed by atoms with Gasteiger partial charge in [0.2, 0.25) is 0 Å². The maximum Gasteiger partial charge on any atom is 0.417 e. The number of nitrogens with zero attached hydrogens (tertiary/aromatic N) is 1. The van der Waals surface area contributed by atoms with Gasteiger partial charge < -0.3 is 4.74 Å². The molecule has 1 unspecified atom stereocenters. The van der Waals surface area contributed by atoms with Crippen molar-refractivity contribution in [3.8, 4) is 17.0 Å². The number of fused-ring (bicyclic) bond motifs is 1. The number of hydrogen-bond acceptors (Lipinski definition) is 3. The fourth-order valence-electron chi connectivity index (χ4n) is 3.05. The number of hydrogen-bond donors (Lipinski definition) is 1. The summed E-state index contributed by atoms with van der Waals surface area (Å²) in [5.74, 6) is -1.12. The number of pyridine rings is 1. The van der Waals surface area contributed by atoms with Crippen molar-refractivity contribution in [1.82, 2.24) is 9.71 Å². The number of aromatic nitrogens is 1. The highest BCUT2D eigenvalue weighted by Gasteiger charge is 2.63. The van der Waals surface area contributed by atoms with Gasteiger partial charge in [0.25, 0.3) is 0 Å². The number of allylic oxidation sites excluding steroid dienone is 1. The maximum atomic E-state index is 14.4. The molecule has 0 saturated heterocycles. The van der Waals surface area contributed by atoms with E-state index in [2.05, 4.69) is 11.6 Å². The lowest BCUT2D eigenvalue weighted by atomic mass is 9.90. The molecule has 2 heterocycles. The van der Waals surface area contributed by atoms with E-state index >= 15 is 0 Å². The summed E-state index contributed by atoms with van der Waals surface area (Å²) >= 11 is 0. The fraction of sp³-hybridized carbons (Fsp3) is 0.381. The van der Waals surface area contributed by atoms with E-state index in [4.69, 9.17) is 4.74 Å². The largest absolute Gasteiger partial charge is 0.488 e. The monoisotopic (exact) mass is 496 g/mol. The highest BCUT2D eigenvalue weighted by atomic mass is 32.2. The molecule has 1 aliphatic heterocycles. The first-order chi connectivity index (χ1) is 15.0. The van der Waals surface area contributed by atoms with Gasteiger partial charge in [-0.2, -0.15) is 26.3 Å². The van der Waals surface area contributed by atoms with Gasteiger partial charge in [-0.05, 0) is 51.1 Å². The van der Waals surface area contributed by atoms with Gasteiger partial charge in [0.1, 0.15) is 18.1 Å². The fourth-order valence-corrected chi connectivity index (χ4v) is 3.95. The second-order valence-corrected chi connectivity index (χ2v) is 10.4. The minimum atomic E-state index is -5.11. The third-order valence-electron chi connectivity index (χ3n) is 4.94. The van der Waals surface area contributed by atoms with Crippen molar-refractivity contribution in [3.05, 3.63) is 54.0 Å². The third-order valence-corrected chi connectivity index (χ3v) is 6.59. The summed E-state index contributed by atoms with van der Waals surface area (Å²) < 4.78 is 116. The Morgan fingerprint density at radius 3 is 2.18 bits per heavy atom. The van der Waals surface area contributed by atoms with Crippen LogP contribution in [0.1, 0.15) is 32.0 Å². The average Bonchev–Trinajstić information content (AvgIpc) is 3.05. The topological polar surface area (TPSA) is 51.2 Å². The van der Waals surface area contributed by atoms with Crippen molar-refractivity contribution in [2.45, 2.75) is 43.4 Å². The molecule has 1 aliphatic rings. The summed E-state index contributed by atoms with van der Waals surface area (Å²) in [4.78, 5) is 3.85. The summed E-state index contributed by atoms with van der Waals surface area (Å²) in [5.41, 5.74) is -6.49. The molecule has 180 valence electrons. The van der Waals surface area contributed by atoms with Crippen molar-refractivity contribution in [2.24, 2.45) is 0 Å². The molecule has 33 heavy (non-hydrogen) atoms. The number of ether oxygens (including phenoxy) is 1. The first-order valence-electron chi connectivity index (χ1n) is 9.44. The predicted molar refractivity (Wildman–Crippen MR) is 109 cm³/mol. The van der Waals surface area contributed by atoms with E-state index in [-0.39, 0.29) is 11.3 Å². The Bertz CT molecular complexity index is 1110. The standard InChI is InChI=1S/C21H19F7N2O2S/c1-11(20(23,24)25)15-9-14-17(16(29-15)12-5-7-13(22)8-6-12)32-10-19(14,21(26,27)28)30-33(31)18(2,3)4/h5-9,30H,1,10H2,2-4H3/t19-,33?/m0/s1. The van der Waals surface area contributed by atoms with Crippen molar-refractivity contribution < 1.29 is 39.7 Å². The van der Waals surface area contributed by atoms with Crippen molar-refractivity contribution in [3.63, 3.8) is 0 Å². The van der Waals surface area contributed by atoms with Gasteiger partial charge in [0.05, 0.1) is 27.0 Å². The van der Waals surface area contributed by atoms with Crippen LogP contribution in [0, 0.1) is 5.82 Å². The zero-order valence-corrected chi connectivity index (χ0v) is 18.4. The molecule has 12 heteroatoms. The van der Waals surface area contributed by atoms with Crippen LogP contribution >= 0.6 is 0 Å². The summed E-state index contributed by atoms with van der Waals surface area (Å²) in [7, 11) is -2.27. The van der Waals surface area contributed by atoms with E-state index in [0.717, 1.165) is 24.3 Å². The van der Waals surface area contributed by atoms with Crippen LogP contribution in [0.15, 0.2) is 36.9 Å². The molecule has 2 atom stereocenters. The van der Waals surface area contributed by atoms with Crippen molar-refractivity contribution in [1.29, 1.82) is 0 Å². The smallest absolute Gasteiger partial charge is 0.417 e. The van der Waals surface area contributed by atoms with Gasteiger partial charge in [-0.1, -0.05) is 6.58 Å². The van der Waals surface area contributed by atoms with Gasteiger partial charge in [-0.25, -0.2) is 18.3 Å². The van der Waals surface area contributed by atoms with E-state index in [9.17, 15) is 34.9 Å². The molecule has 0 radical (unpaired) electrons. The SMILES string of the molecule is C=C(c1cc2c(c(-c3ccc(F)cc3)n1)OC[C@@]2(NS(=O)C(C)(C)C)C(F)(F)F)C(F)(F)F. The molecule has 1 aromatic heterocycles. The highest BCUT2D eigenvalue weighted by molar-refractivity contribution is 7.84. The van der Waals surface area contributed by atoms with Crippen LogP contribution in [0.25, 0.3) is 16.8 Å². The van der Waals surface area contributed by atoms with Crippen LogP contribution < -0.4 is 9.46 Å². The van der Waals surface area contributed by atoms with Crippen LogP contribution in [-0.4, -0.2) is 32.9 Å². The lowest BCUT2D eigenvalue weighted by Gasteiger charge is -2.34. The Balaban J connectivity index is 2.33. The highest BCUT2D eigenvalue weighted by Crippen LogP contribution is 2.51. The predicted octanol–water partition coefficient (Wildman–Crippen LogP) is 5.67. The van der Waals surface area contributed by atoms with Crippen LogP contribution in [0.2, 0.25) is 0 Å². The minimum absolute atomic E-state index is 0.0272. The lowest BCUT2D eigenvalue weighted by Crippen LogP contribution is -2.58. The molecule has 0 fully saturated rings. The van der Waals surface area contributed by atoms with E-state index in [1.807, 2.05) is 4.72 Å². The molecular formula is C21H19F7N2O2S. The zero-order chi connectivity index (χ0) is 25.0. The summed E-state index contributed by atoms with van der Waals surface area (Å²) in [6, 6.07) is 4.85. The summed E-state index contributed by atoms with van der Waals surface area (Å²) in [5, 5.41) is 0. The van der Waals surface area contributed by atoms with Crippen LogP contribution in [0.5, 0.6) is 5.75 Å². The second-order valence-electron chi connectivity index (χ2n) is 8.39. The second kappa shape index (κ2) is 8.08. The van der Waals surface area contributed by atoms with Crippen LogP contribution in [0.4, 0.5) is 30.7 Å². The number of rotatable bonds is 4. The first kappa shape index (κ1) is 25.2. The van der Waals surface area contributed by atoms with Gasteiger partial charge in [-0.15, -0.1) is 0 Å². The molecule has 4 nitrogen and oxygen atoms in total. The Labute approximate surface area is 187 Å². The Morgan fingerprint density at radius 1 is 1.12 bits per heavy atom. The molecule has 3 rings (SSSR count). The normalized spacial score (nSPS) is 19.7. The molecule has 0 saturated carbocycles. The molecular weight excluding hydrogens is 477 g/mol. The summed E-state index contributed by atoms with van der Waals surface area (Å²) in [6.45, 7) is 6.14. The molecule has 0 bridgehead atoms. The van der Waals surface area contributed by atoms with E-state index in [1.54, 1.807) is 0 Å². The Kier molecular flexibility index (Phi) is 6.16. The number of nitrogens with one attached hydrogen (secondary N) is 1. The Hall–Kier alpha value is -2.47. The average molecular weight is 496 g/mol. The van der Waals surface area contributed by atoms with E-state index in [0.29, 0.717) is 6.07 Å². The quantitative estimate of drug-likeness (QED) is 0.556. The molecule has 0 amide bonds. The Morgan fingerprint density at radius 2 is 1.70 bits per heavy atom. The van der Waals surface area contributed by atoms with E-state index in [1.165, 1.54) is 20.8 Å². The molecule has 0 spiro atoms. The molecule has 1 aromatic carbocycles. The number of alkyl halides is 6. The van der Waals surface area contributed by atoms with Gasteiger partial charge in [0, 0.05) is 11.1 Å². The van der Waals surface area contributed by atoms with Crippen molar-refractivity contribution >= 4 is 16.6 Å². The van der Waals surface area contributed by atoms with Gasteiger partial charge in [-0.3, -0.25) is 0 Å². The van der Waals surface area contributed by atoms with Crippen LogP contribution in [0.3, 0.4) is 0 Å². The molecule has 0 aliphatic carbocycles. The van der Waals surface area contributed by atoms with Crippen molar-refractivity contribution in [2.75, 3.05) is 6.61 Å². The third kappa shape index (κ3) is 4.63. The van der Waals surface area contributed by atoms with Crippen LogP contribution in [-0.2, 0) is 16.5 Å².